The van der Waals surface area contributed by atoms with E-state index in [9.17, 15) is 4.79 Å². The Morgan fingerprint density at radius 3 is 2.50 bits per heavy atom. The zero-order valence-electron chi connectivity index (χ0n) is 11.0. The highest BCUT2D eigenvalue weighted by atomic mass is 32.2. The lowest BCUT2D eigenvalue weighted by Gasteiger charge is -2.24. The van der Waals surface area contributed by atoms with Gasteiger partial charge in [0.2, 0.25) is 0 Å². The minimum absolute atomic E-state index is 0.0378. The van der Waals surface area contributed by atoms with Gasteiger partial charge in [0.1, 0.15) is 0 Å². The van der Waals surface area contributed by atoms with Crippen molar-refractivity contribution in [3.05, 3.63) is 35.4 Å². The standard InChI is InChI=1S/C15H20O2S/c1-11-3-5-13(6-4-11)15(16)12(2)18-14-7-9-17-10-8-14/h3-6,12,14H,7-10H2,1-2H3. The Morgan fingerprint density at radius 1 is 1.28 bits per heavy atom. The highest BCUT2D eigenvalue weighted by Gasteiger charge is 2.22. The summed E-state index contributed by atoms with van der Waals surface area (Å²) in [6, 6.07) is 7.86. The lowest BCUT2D eigenvalue weighted by Crippen LogP contribution is -2.23. The SMILES string of the molecule is Cc1ccc(C(=O)C(C)SC2CCOCC2)cc1. The van der Waals surface area contributed by atoms with E-state index in [4.69, 9.17) is 4.74 Å². The fourth-order valence-corrected chi connectivity index (χ4v) is 3.42. The van der Waals surface area contributed by atoms with Gasteiger partial charge < -0.3 is 4.74 Å². The third-order valence-corrected chi connectivity index (χ3v) is 4.75. The van der Waals surface area contributed by atoms with Crippen molar-refractivity contribution in [1.29, 1.82) is 0 Å². The molecule has 1 aliphatic heterocycles. The van der Waals surface area contributed by atoms with Gasteiger partial charge in [-0.05, 0) is 26.7 Å². The first-order valence-corrected chi connectivity index (χ1v) is 7.45. The number of ketones is 1. The monoisotopic (exact) mass is 264 g/mol. The largest absolute Gasteiger partial charge is 0.381 e. The van der Waals surface area contributed by atoms with E-state index in [1.807, 2.05) is 38.1 Å². The van der Waals surface area contributed by atoms with Crippen molar-refractivity contribution in [2.45, 2.75) is 37.2 Å². The molecule has 98 valence electrons. The fourth-order valence-electron chi connectivity index (χ4n) is 2.12. The van der Waals surface area contributed by atoms with Crippen LogP contribution in [0.5, 0.6) is 0 Å². The number of carbonyl (C=O) groups is 1. The lowest BCUT2D eigenvalue weighted by atomic mass is 10.1. The maximum absolute atomic E-state index is 12.3. The number of thioether (sulfide) groups is 1. The quantitative estimate of drug-likeness (QED) is 0.779. The Bertz CT molecular complexity index is 393. The number of Topliss-reactive ketones (excluding diaryl/α,β-unsaturated/α-hetero) is 1. The molecule has 1 aromatic carbocycles. The predicted octanol–water partition coefficient (Wildman–Crippen LogP) is 3.48. The second-order valence-corrected chi connectivity index (χ2v) is 6.47. The van der Waals surface area contributed by atoms with Gasteiger partial charge in [-0.2, -0.15) is 0 Å². The van der Waals surface area contributed by atoms with E-state index in [0.29, 0.717) is 5.25 Å². The van der Waals surface area contributed by atoms with Crippen molar-refractivity contribution in [1.82, 2.24) is 0 Å². The molecule has 0 spiro atoms. The molecule has 0 N–H and O–H groups in total. The van der Waals surface area contributed by atoms with Gasteiger partial charge in [-0.25, -0.2) is 0 Å². The van der Waals surface area contributed by atoms with E-state index >= 15 is 0 Å². The van der Waals surface area contributed by atoms with Crippen LogP contribution in [0, 0.1) is 6.92 Å². The number of hydrogen-bond acceptors (Lipinski definition) is 3. The highest BCUT2D eigenvalue weighted by Crippen LogP contribution is 2.28. The topological polar surface area (TPSA) is 26.3 Å². The Kier molecular flexibility index (Phi) is 4.84. The van der Waals surface area contributed by atoms with Crippen LogP contribution in [-0.2, 0) is 4.74 Å². The van der Waals surface area contributed by atoms with Gasteiger partial charge in [0.05, 0.1) is 5.25 Å². The van der Waals surface area contributed by atoms with E-state index in [1.165, 1.54) is 5.56 Å². The molecule has 2 nitrogen and oxygen atoms in total. The molecular formula is C15H20O2S. The third kappa shape index (κ3) is 3.59. The van der Waals surface area contributed by atoms with E-state index < -0.39 is 0 Å². The number of hydrogen-bond donors (Lipinski definition) is 0. The zero-order valence-corrected chi connectivity index (χ0v) is 11.8. The molecule has 1 atom stereocenters. The summed E-state index contributed by atoms with van der Waals surface area (Å²) in [5.41, 5.74) is 2.02. The molecule has 1 fully saturated rings. The van der Waals surface area contributed by atoms with Crippen LogP contribution >= 0.6 is 11.8 Å². The second kappa shape index (κ2) is 6.39. The first kappa shape index (κ1) is 13.6. The van der Waals surface area contributed by atoms with Crippen LogP contribution in [0.3, 0.4) is 0 Å². The van der Waals surface area contributed by atoms with Crippen molar-refractivity contribution >= 4 is 17.5 Å². The van der Waals surface area contributed by atoms with E-state index in [-0.39, 0.29) is 11.0 Å². The van der Waals surface area contributed by atoms with Gasteiger partial charge in [-0.15, -0.1) is 11.8 Å². The number of rotatable bonds is 4. The molecule has 0 saturated carbocycles. The minimum Gasteiger partial charge on any atom is -0.381 e. The van der Waals surface area contributed by atoms with Crippen LogP contribution in [0.1, 0.15) is 35.7 Å². The average molecular weight is 264 g/mol. The Morgan fingerprint density at radius 2 is 1.89 bits per heavy atom. The Hall–Kier alpha value is -0.800. The average Bonchev–Trinajstić information content (AvgIpc) is 2.40. The molecule has 2 rings (SSSR count). The zero-order chi connectivity index (χ0) is 13.0. The van der Waals surface area contributed by atoms with Crippen LogP contribution in [0.4, 0.5) is 0 Å². The van der Waals surface area contributed by atoms with Gasteiger partial charge in [0.25, 0.3) is 0 Å². The number of benzene rings is 1. The van der Waals surface area contributed by atoms with Crippen LogP contribution in [0.25, 0.3) is 0 Å². The molecular weight excluding hydrogens is 244 g/mol. The summed E-state index contributed by atoms with van der Waals surface area (Å²) in [5, 5.41) is 0.610. The number of carbonyl (C=O) groups excluding carboxylic acids is 1. The van der Waals surface area contributed by atoms with Crippen molar-refractivity contribution in [2.24, 2.45) is 0 Å². The van der Waals surface area contributed by atoms with Gasteiger partial charge in [0, 0.05) is 24.0 Å². The summed E-state index contributed by atoms with van der Waals surface area (Å²) in [7, 11) is 0. The molecule has 18 heavy (non-hydrogen) atoms. The van der Waals surface area contributed by atoms with Gasteiger partial charge in [-0.1, -0.05) is 29.8 Å². The lowest BCUT2D eigenvalue weighted by molar-refractivity contribution is 0.0974. The third-order valence-electron chi connectivity index (χ3n) is 3.27. The second-order valence-electron chi connectivity index (χ2n) is 4.82. The fraction of sp³-hybridized carbons (Fsp3) is 0.533. The summed E-state index contributed by atoms with van der Waals surface area (Å²) in [5.74, 6) is 0.242. The molecule has 0 aromatic heterocycles. The molecule has 0 amide bonds. The summed E-state index contributed by atoms with van der Waals surface area (Å²) in [6.07, 6.45) is 2.13. The molecule has 1 heterocycles. The van der Waals surface area contributed by atoms with Gasteiger partial charge >= 0.3 is 0 Å². The summed E-state index contributed by atoms with van der Waals surface area (Å²) >= 11 is 1.80. The molecule has 1 aliphatic rings. The summed E-state index contributed by atoms with van der Waals surface area (Å²) in [6.45, 7) is 5.73. The van der Waals surface area contributed by atoms with Gasteiger partial charge in [0.15, 0.2) is 5.78 Å². The molecule has 1 saturated heterocycles. The van der Waals surface area contributed by atoms with Crippen molar-refractivity contribution in [3.8, 4) is 0 Å². The number of ether oxygens (including phenoxy) is 1. The minimum atomic E-state index is 0.0378. The highest BCUT2D eigenvalue weighted by molar-refractivity contribution is 8.01. The molecule has 0 aliphatic carbocycles. The normalized spacial score (nSPS) is 18.6. The predicted molar refractivity (Wildman–Crippen MR) is 76.4 cm³/mol. The van der Waals surface area contributed by atoms with Crippen LogP contribution < -0.4 is 0 Å². The molecule has 0 bridgehead atoms. The molecule has 1 aromatic rings. The van der Waals surface area contributed by atoms with E-state index in [2.05, 4.69) is 0 Å². The van der Waals surface area contributed by atoms with Gasteiger partial charge in [-0.3, -0.25) is 4.79 Å². The molecule has 1 unspecified atom stereocenters. The molecule has 0 radical (unpaired) electrons. The Balaban J connectivity index is 1.93. The van der Waals surface area contributed by atoms with Crippen molar-refractivity contribution in [3.63, 3.8) is 0 Å². The maximum Gasteiger partial charge on any atom is 0.175 e. The summed E-state index contributed by atoms with van der Waals surface area (Å²) in [4.78, 5) is 12.3. The maximum atomic E-state index is 12.3. The molecule has 3 heteroatoms. The van der Waals surface area contributed by atoms with E-state index in [0.717, 1.165) is 31.6 Å². The number of aryl methyl sites for hydroxylation is 1. The van der Waals surface area contributed by atoms with Crippen molar-refractivity contribution < 1.29 is 9.53 Å². The summed E-state index contributed by atoms with van der Waals surface area (Å²) < 4.78 is 5.34. The smallest absolute Gasteiger partial charge is 0.175 e. The van der Waals surface area contributed by atoms with Crippen LogP contribution in [0.2, 0.25) is 0 Å². The van der Waals surface area contributed by atoms with Crippen LogP contribution in [0.15, 0.2) is 24.3 Å². The Labute approximate surface area is 113 Å². The first-order chi connectivity index (χ1) is 8.66. The first-order valence-electron chi connectivity index (χ1n) is 6.51. The van der Waals surface area contributed by atoms with Crippen molar-refractivity contribution in [2.75, 3.05) is 13.2 Å². The van der Waals surface area contributed by atoms with Crippen LogP contribution in [-0.4, -0.2) is 29.5 Å². The van der Waals surface area contributed by atoms with E-state index in [1.54, 1.807) is 11.8 Å².